The second-order valence-electron chi connectivity index (χ2n) is 4.70. The van der Waals surface area contributed by atoms with Gasteiger partial charge in [0.15, 0.2) is 0 Å². The smallest absolute Gasteiger partial charge is 0.288 e. The van der Waals surface area contributed by atoms with Crippen molar-refractivity contribution in [3.8, 4) is 0 Å². The Balaban J connectivity index is 1.86. The summed E-state index contributed by atoms with van der Waals surface area (Å²) in [6.45, 7) is 0.503. The molecule has 0 aliphatic heterocycles. The maximum Gasteiger partial charge on any atom is 0.288 e. The molecule has 2 amide bonds. The van der Waals surface area contributed by atoms with Crippen molar-refractivity contribution < 1.29 is 14.5 Å². The largest absolute Gasteiger partial charge is 0.383 e. The summed E-state index contributed by atoms with van der Waals surface area (Å²) in [4.78, 5) is 36.8. The monoisotopic (exact) mass is 293 g/mol. The van der Waals surface area contributed by atoms with Crippen molar-refractivity contribution in [3.05, 3.63) is 27.9 Å². The fraction of sp³-hybridized carbons (Fsp3) is 0.417. The minimum atomic E-state index is -0.654. The quantitative estimate of drug-likeness (QED) is 0.378. The first-order chi connectivity index (χ1) is 9.99. The number of anilines is 1. The Bertz CT molecular complexity index is 585. The number of carbonyl (C=O) groups excluding carboxylic acids is 2. The average Bonchev–Trinajstić information content (AvgIpc) is 3.27. The predicted molar refractivity (Wildman–Crippen MR) is 73.4 cm³/mol. The lowest BCUT2D eigenvalue weighted by Gasteiger charge is -2.07. The molecule has 0 bridgehead atoms. The van der Waals surface area contributed by atoms with Crippen molar-refractivity contribution in [2.75, 3.05) is 18.8 Å². The SMILES string of the molecule is Nc1ncc([N+](=O)[O-])cc1C(=O)NCCNC(=O)C1CC1. The first kappa shape index (κ1) is 14.7. The topological polar surface area (TPSA) is 140 Å². The molecule has 4 N–H and O–H groups in total. The average molecular weight is 293 g/mol. The standard InChI is InChI=1S/C12H15N5O4/c13-10-9(5-8(6-16-10)17(20)21)12(19)15-4-3-14-11(18)7-1-2-7/h5-7H,1-4H2,(H2,13,16)(H,14,18)(H,15,19). The van der Waals surface area contributed by atoms with Crippen LogP contribution in [0, 0.1) is 16.0 Å². The van der Waals surface area contributed by atoms with Gasteiger partial charge in [-0.3, -0.25) is 19.7 Å². The Morgan fingerprint density at radius 1 is 1.38 bits per heavy atom. The number of hydrogen-bond donors (Lipinski definition) is 3. The molecule has 21 heavy (non-hydrogen) atoms. The van der Waals surface area contributed by atoms with Crippen LogP contribution in [-0.4, -0.2) is 34.8 Å². The summed E-state index contributed by atoms with van der Waals surface area (Å²) in [6.07, 6.45) is 2.81. The highest BCUT2D eigenvalue weighted by Gasteiger charge is 2.29. The van der Waals surface area contributed by atoms with Gasteiger partial charge in [0.25, 0.3) is 11.6 Å². The molecule has 112 valence electrons. The zero-order chi connectivity index (χ0) is 15.4. The maximum atomic E-state index is 11.9. The molecule has 9 nitrogen and oxygen atoms in total. The summed E-state index contributed by atoms with van der Waals surface area (Å²) in [7, 11) is 0. The van der Waals surface area contributed by atoms with Gasteiger partial charge in [0, 0.05) is 25.1 Å². The van der Waals surface area contributed by atoms with E-state index in [1.807, 2.05) is 0 Å². The molecule has 1 aliphatic carbocycles. The Morgan fingerprint density at radius 2 is 2.05 bits per heavy atom. The number of carbonyl (C=O) groups is 2. The minimum Gasteiger partial charge on any atom is -0.383 e. The number of nitrogen functional groups attached to an aromatic ring is 1. The molecule has 1 aliphatic rings. The second-order valence-corrected chi connectivity index (χ2v) is 4.70. The van der Waals surface area contributed by atoms with Crippen LogP contribution in [0.5, 0.6) is 0 Å². The van der Waals surface area contributed by atoms with Crippen LogP contribution in [0.15, 0.2) is 12.3 Å². The summed E-state index contributed by atoms with van der Waals surface area (Å²) in [5.74, 6) is -0.553. The lowest BCUT2D eigenvalue weighted by atomic mass is 10.2. The van der Waals surface area contributed by atoms with E-state index in [9.17, 15) is 19.7 Å². The molecule has 1 heterocycles. The van der Waals surface area contributed by atoms with Gasteiger partial charge >= 0.3 is 0 Å². The van der Waals surface area contributed by atoms with E-state index in [4.69, 9.17) is 5.73 Å². The number of nitrogens with zero attached hydrogens (tertiary/aromatic N) is 2. The fourth-order valence-corrected chi connectivity index (χ4v) is 1.69. The van der Waals surface area contributed by atoms with Crippen LogP contribution >= 0.6 is 0 Å². The van der Waals surface area contributed by atoms with E-state index < -0.39 is 10.8 Å². The van der Waals surface area contributed by atoms with Crippen LogP contribution in [0.1, 0.15) is 23.2 Å². The van der Waals surface area contributed by atoms with Gasteiger partial charge in [0.05, 0.1) is 10.5 Å². The van der Waals surface area contributed by atoms with E-state index in [1.165, 1.54) is 0 Å². The van der Waals surface area contributed by atoms with Gasteiger partial charge in [-0.15, -0.1) is 0 Å². The molecule has 0 aromatic carbocycles. The first-order valence-corrected chi connectivity index (χ1v) is 6.45. The Labute approximate surface area is 120 Å². The van der Waals surface area contributed by atoms with Crippen LogP contribution in [0.3, 0.4) is 0 Å². The molecule has 0 spiro atoms. The van der Waals surface area contributed by atoms with Gasteiger partial charge in [-0.05, 0) is 12.8 Å². The molecular formula is C12H15N5O4. The number of amides is 2. The van der Waals surface area contributed by atoms with Crippen molar-refractivity contribution in [2.45, 2.75) is 12.8 Å². The highest BCUT2D eigenvalue weighted by molar-refractivity contribution is 5.98. The number of aromatic nitrogens is 1. The van der Waals surface area contributed by atoms with Crippen LogP contribution < -0.4 is 16.4 Å². The summed E-state index contributed by atoms with van der Waals surface area (Å²) in [5.41, 5.74) is 5.16. The molecule has 1 saturated carbocycles. The third-order valence-electron chi connectivity index (χ3n) is 3.02. The van der Waals surface area contributed by atoms with Crippen molar-refractivity contribution in [2.24, 2.45) is 5.92 Å². The summed E-state index contributed by atoms with van der Waals surface area (Å²) < 4.78 is 0. The maximum absolute atomic E-state index is 11.9. The number of hydrogen-bond acceptors (Lipinski definition) is 6. The third kappa shape index (κ3) is 3.88. The van der Waals surface area contributed by atoms with Gasteiger partial charge in [0.2, 0.25) is 5.91 Å². The normalized spacial score (nSPS) is 13.5. The van der Waals surface area contributed by atoms with Gasteiger partial charge in [-0.1, -0.05) is 0 Å². The lowest BCUT2D eigenvalue weighted by Crippen LogP contribution is -2.35. The summed E-state index contributed by atoms with van der Waals surface area (Å²) in [5, 5.41) is 15.8. The van der Waals surface area contributed by atoms with Crippen LogP contribution in [0.25, 0.3) is 0 Å². The summed E-state index contributed by atoms with van der Waals surface area (Å²) in [6, 6.07) is 1.07. The number of nitrogens with two attached hydrogens (primary N) is 1. The van der Waals surface area contributed by atoms with E-state index >= 15 is 0 Å². The molecule has 9 heteroatoms. The summed E-state index contributed by atoms with van der Waals surface area (Å²) >= 11 is 0. The minimum absolute atomic E-state index is 0.0132. The van der Waals surface area contributed by atoms with Gasteiger partial charge in [0.1, 0.15) is 12.0 Å². The van der Waals surface area contributed by atoms with E-state index in [0.29, 0.717) is 6.54 Å². The molecule has 0 unspecified atom stereocenters. The number of nitro groups is 1. The highest BCUT2D eigenvalue weighted by Crippen LogP contribution is 2.28. The van der Waals surface area contributed by atoms with E-state index in [-0.39, 0.29) is 35.4 Å². The van der Waals surface area contributed by atoms with Crippen LogP contribution in [-0.2, 0) is 4.79 Å². The molecule has 0 radical (unpaired) electrons. The number of nitrogens with one attached hydrogen (secondary N) is 2. The van der Waals surface area contributed by atoms with Gasteiger partial charge in [-0.25, -0.2) is 4.98 Å². The number of rotatable bonds is 6. The molecule has 0 atom stereocenters. The van der Waals surface area contributed by atoms with Crippen molar-refractivity contribution in [1.82, 2.24) is 15.6 Å². The molecule has 1 aromatic heterocycles. The molecule has 0 saturated heterocycles. The van der Waals surface area contributed by atoms with E-state index in [1.54, 1.807) is 0 Å². The third-order valence-corrected chi connectivity index (χ3v) is 3.02. The zero-order valence-corrected chi connectivity index (χ0v) is 11.2. The van der Waals surface area contributed by atoms with Crippen LogP contribution in [0.4, 0.5) is 11.5 Å². The first-order valence-electron chi connectivity index (χ1n) is 6.45. The Morgan fingerprint density at radius 3 is 2.67 bits per heavy atom. The molecule has 2 rings (SSSR count). The van der Waals surface area contributed by atoms with Crippen molar-refractivity contribution in [1.29, 1.82) is 0 Å². The predicted octanol–water partition coefficient (Wildman–Crippen LogP) is -0.172. The lowest BCUT2D eigenvalue weighted by molar-refractivity contribution is -0.385. The van der Waals surface area contributed by atoms with Crippen molar-refractivity contribution in [3.63, 3.8) is 0 Å². The van der Waals surface area contributed by atoms with E-state index in [2.05, 4.69) is 15.6 Å². The van der Waals surface area contributed by atoms with Gasteiger partial charge < -0.3 is 16.4 Å². The van der Waals surface area contributed by atoms with Crippen LogP contribution in [0.2, 0.25) is 0 Å². The Kier molecular flexibility index (Phi) is 4.31. The fourth-order valence-electron chi connectivity index (χ4n) is 1.69. The second kappa shape index (κ2) is 6.16. The molecule has 1 fully saturated rings. The van der Waals surface area contributed by atoms with Gasteiger partial charge in [-0.2, -0.15) is 0 Å². The van der Waals surface area contributed by atoms with Crippen molar-refractivity contribution >= 4 is 23.3 Å². The number of pyridine rings is 1. The zero-order valence-electron chi connectivity index (χ0n) is 11.2. The Hall–Kier alpha value is -2.71. The highest BCUT2D eigenvalue weighted by atomic mass is 16.6. The molecule has 1 aromatic rings. The van der Waals surface area contributed by atoms with E-state index in [0.717, 1.165) is 25.1 Å². The molecular weight excluding hydrogens is 278 g/mol.